The zero-order valence-electron chi connectivity index (χ0n) is 58.1. The van der Waals surface area contributed by atoms with E-state index in [1.54, 1.807) is 6.08 Å². The molecule has 0 aliphatic heterocycles. The summed E-state index contributed by atoms with van der Waals surface area (Å²) in [5.74, 6) is -0.184. The molecule has 0 bridgehead atoms. The van der Waals surface area contributed by atoms with Crippen LogP contribution < -0.4 is 5.32 Å². The molecule has 506 valence electrons. The molecule has 0 saturated heterocycles. The van der Waals surface area contributed by atoms with Crippen LogP contribution >= 0.6 is 7.82 Å². The molecule has 3 unspecified atom stereocenters. The highest BCUT2D eigenvalue weighted by atomic mass is 31.2. The van der Waals surface area contributed by atoms with E-state index in [-0.39, 0.29) is 19.1 Å². The highest BCUT2D eigenvalue weighted by molar-refractivity contribution is 7.47. The SMILES string of the molecule is CCCCCCC/C=C\C/C=C\CCCCCCCCCCCCCCCCCCCCCCCCCC(=O)NC(COP(=O)(O)OCC[N+](C)(C)C)C(O)/C=C/CC/C=C/CC/C=C/CCCCCCCCCCCCCCCCCCCCC. The monoisotopic (exact) mass is 1230 g/mol. The number of hydrogen-bond donors (Lipinski definition) is 3. The third kappa shape index (κ3) is 69.7. The summed E-state index contributed by atoms with van der Waals surface area (Å²) in [7, 11) is 1.56. The van der Waals surface area contributed by atoms with Gasteiger partial charge in [-0.15, -0.1) is 0 Å². The fourth-order valence-electron chi connectivity index (χ4n) is 11.3. The number of carbonyl (C=O) groups excluding carboxylic acids is 1. The number of likely N-dealkylation sites (N-methyl/N-ethyl adjacent to an activating group) is 1. The molecule has 0 aromatic heterocycles. The maximum Gasteiger partial charge on any atom is 0.472 e. The Labute approximate surface area is 536 Å². The summed E-state index contributed by atoms with van der Waals surface area (Å²) >= 11 is 0. The number of hydrogen-bond acceptors (Lipinski definition) is 5. The molecule has 8 nitrogen and oxygen atoms in total. The maximum absolute atomic E-state index is 13.1. The number of allylic oxidation sites excluding steroid dienone is 9. The molecule has 9 heteroatoms. The number of nitrogens with one attached hydrogen (secondary N) is 1. The number of aliphatic hydroxyl groups is 1. The Hall–Kier alpha value is -1.80. The van der Waals surface area contributed by atoms with Gasteiger partial charge >= 0.3 is 7.82 Å². The number of unbranched alkanes of at least 4 members (excludes halogenated alkanes) is 49. The summed E-state index contributed by atoms with van der Waals surface area (Å²) in [5.41, 5.74) is 0. The summed E-state index contributed by atoms with van der Waals surface area (Å²) in [6.07, 6.45) is 94.0. The van der Waals surface area contributed by atoms with E-state index in [4.69, 9.17) is 9.05 Å². The molecule has 3 N–H and O–H groups in total. The van der Waals surface area contributed by atoms with Gasteiger partial charge in [-0.3, -0.25) is 13.8 Å². The van der Waals surface area contributed by atoms with Crippen molar-refractivity contribution in [3.8, 4) is 0 Å². The topological polar surface area (TPSA) is 105 Å². The Morgan fingerprint density at radius 1 is 0.395 bits per heavy atom. The van der Waals surface area contributed by atoms with E-state index in [1.165, 1.54) is 302 Å². The van der Waals surface area contributed by atoms with Crippen molar-refractivity contribution in [1.82, 2.24) is 5.32 Å². The Bertz CT molecular complexity index is 1590. The van der Waals surface area contributed by atoms with Gasteiger partial charge in [-0.25, -0.2) is 4.57 Å². The largest absolute Gasteiger partial charge is 0.472 e. The minimum atomic E-state index is -4.37. The van der Waals surface area contributed by atoms with Crippen molar-refractivity contribution in [3.63, 3.8) is 0 Å². The highest BCUT2D eigenvalue weighted by Gasteiger charge is 2.28. The van der Waals surface area contributed by atoms with Crippen molar-refractivity contribution in [2.45, 2.75) is 386 Å². The van der Waals surface area contributed by atoms with E-state index in [0.29, 0.717) is 17.4 Å². The van der Waals surface area contributed by atoms with Crippen molar-refractivity contribution >= 4 is 13.7 Å². The van der Waals surface area contributed by atoms with Crippen LogP contribution in [-0.2, 0) is 18.4 Å². The summed E-state index contributed by atoms with van der Waals surface area (Å²) in [4.78, 5) is 23.4. The van der Waals surface area contributed by atoms with Crippen LogP contribution in [0.5, 0.6) is 0 Å². The summed E-state index contributed by atoms with van der Waals surface area (Å²) in [6.45, 7) is 4.83. The number of phosphoric acid groups is 1. The molecular formula is C77H148N2O6P+. The van der Waals surface area contributed by atoms with Crippen molar-refractivity contribution in [3.05, 3.63) is 60.8 Å². The highest BCUT2D eigenvalue weighted by Crippen LogP contribution is 2.43. The number of amides is 1. The van der Waals surface area contributed by atoms with Crippen LogP contribution in [0.15, 0.2) is 60.8 Å². The first-order valence-electron chi connectivity index (χ1n) is 37.7. The number of rotatable bonds is 70. The van der Waals surface area contributed by atoms with Gasteiger partial charge in [0.15, 0.2) is 0 Å². The standard InChI is InChI=1S/C77H147N2O6P/c1-6-8-10-12-14-16-18-20-22-24-26-28-30-32-34-36-37-38-39-40-41-43-45-47-49-51-53-55-57-59-61-63-65-67-69-71-77(81)78-75(74-85-86(82,83)84-73-72-79(3,4)5)76(80)70-68-66-64-62-60-58-56-54-52-50-48-46-44-42-35-33-31-29-27-25-23-21-19-17-15-13-11-9-7-2/h18,20,24,26,52,54,60,62,68,70,75-76,80H,6-17,19,21-23,25,27-51,53,55-59,61,63-67,69,71-74H2,1-5H3,(H-,78,81,82,83)/p+1/b20-18-,26-24-,54-52+,62-60+,70-68+. The molecule has 0 spiro atoms. The van der Waals surface area contributed by atoms with Gasteiger partial charge in [-0.2, -0.15) is 0 Å². The van der Waals surface area contributed by atoms with Gasteiger partial charge in [-0.05, 0) is 77.0 Å². The summed E-state index contributed by atoms with van der Waals surface area (Å²) in [5, 5.41) is 14.0. The van der Waals surface area contributed by atoms with E-state index in [0.717, 1.165) is 51.4 Å². The molecule has 0 aromatic carbocycles. The van der Waals surface area contributed by atoms with Crippen LogP contribution in [0.1, 0.15) is 373 Å². The van der Waals surface area contributed by atoms with Gasteiger partial charge in [0.1, 0.15) is 13.2 Å². The fourth-order valence-corrected chi connectivity index (χ4v) is 12.1. The molecule has 0 aliphatic carbocycles. The van der Waals surface area contributed by atoms with Crippen LogP contribution in [-0.4, -0.2) is 73.4 Å². The van der Waals surface area contributed by atoms with Gasteiger partial charge in [0, 0.05) is 6.42 Å². The molecule has 0 radical (unpaired) electrons. The molecule has 0 heterocycles. The van der Waals surface area contributed by atoms with E-state index >= 15 is 0 Å². The third-order valence-corrected chi connectivity index (χ3v) is 18.2. The van der Waals surface area contributed by atoms with Gasteiger partial charge in [-0.1, -0.05) is 351 Å². The normalized spacial score (nSPS) is 13.9. The van der Waals surface area contributed by atoms with Crippen LogP contribution in [0.2, 0.25) is 0 Å². The van der Waals surface area contributed by atoms with E-state index in [2.05, 4.69) is 67.8 Å². The Morgan fingerprint density at radius 3 is 1.00 bits per heavy atom. The first-order chi connectivity index (χ1) is 42.0. The molecule has 0 aliphatic rings. The molecule has 0 saturated carbocycles. The maximum atomic E-state index is 13.1. The molecule has 86 heavy (non-hydrogen) atoms. The van der Waals surface area contributed by atoms with E-state index in [9.17, 15) is 19.4 Å². The number of phosphoric ester groups is 1. The molecule has 1 amide bonds. The van der Waals surface area contributed by atoms with E-state index in [1.807, 2.05) is 27.2 Å². The Balaban J connectivity index is 4.04. The van der Waals surface area contributed by atoms with Crippen molar-refractivity contribution < 1.29 is 32.9 Å². The van der Waals surface area contributed by atoms with Crippen LogP contribution in [0.3, 0.4) is 0 Å². The number of carbonyl (C=O) groups is 1. The lowest BCUT2D eigenvalue weighted by Gasteiger charge is -2.25. The zero-order chi connectivity index (χ0) is 62.6. The molecule has 0 rings (SSSR count). The van der Waals surface area contributed by atoms with Crippen LogP contribution in [0, 0.1) is 0 Å². The Kier molecular flexibility index (Phi) is 66.2. The first-order valence-corrected chi connectivity index (χ1v) is 39.2. The average molecular weight is 1230 g/mol. The molecule has 0 fully saturated rings. The number of aliphatic hydroxyl groups excluding tert-OH is 1. The molecule has 0 aromatic rings. The van der Waals surface area contributed by atoms with E-state index < -0.39 is 20.0 Å². The second-order valence-electron chi connectivity index (χ2n) is 27.0. The predicted molar refractivity (Wildman–Crippen MR) is 378 cm³/mol. The lowest BCUT2D eigenvalue weighted by atomic mass is 10.0. The van der Waals surface area contributed by atoms with Gasteiger partial charge in [0.05, 0.1) is 39.9 Å². The minimum absolute atomic E-state index is 0.0540. The van der Waals surface area contributed by atoms with Crippen molar-refractivity contribution in [2.24, 2.45) is 0 Å². The summed E-state index contributed by atoms with van der Waals surface area (Å²) in [6, 6.07) is -0.872. The number of nitrogens with zero attached hydrogens (tertiary/aromatic N) is 1. The molecular weight excluding hydrogens is 1080 g/mol. The fraction of sp³-hybridized carbons (Fsp3) is 0.857. The lowest BCUT2D eigenvalue weighted by Crippen LogP contribution is -2.45. The first kappa shape index (κ1) is 84.2. The van der Waals surface area contributed by atoms with Crippen molar-refractivity contribution in [1.29, 1.82) is 0 Å². The zero-order valence-corrected chi connectivity index (χ0v) is 59.0. The molecule has 3 atom stereocenters. The van der Waals surface area contributed by atoms with Gasteiger partial charge in [0.2, 0.25) is 5.91 Å². The van der Waals surface area contributed by atoms with Crippen molar-refractivity contribution in [2.75, 3.05) is 40.9 Å². The Morgan fingerprint density at radius 2 is 0.674 bits per heavy atom. The quantitative estimate of drug-likeness (QED) is 0.0243. The lowest BCUT2D eigenvalue weighted by molar-refractivity contribution is -0.870. The summed E-state index contributed by atoms with van der Waals surface area (Å²) < 4.78 is 23.8. The van der Waals surface area contributed by atoms with Crippen LogP contribution in [0.4, 0.5) is 0 Å². The second kappa shape index (κ2) is 67.6. The van der Waals surface area contributed by atoms with Crippen LogP contribution in [0.25, 0.3) is 0 Å². The van der Waals surface area contributed by atoms with Gasteiger partial charge < -0.3 is 19.8 Å². The predicted octanol–water partition coefficient (Wildman–Crippen LogP) is 24.3. The smallest absolute Gasteiger partial charge is 0.387 e. The van der Waals surface area contributed by atoms with Gasteiger partial charge in [0.25, 0.3) is 0 Å². The third-order valence-electron chi connectivity index (χ3n) is 17.2. The average Bonchev–Trinajstić information content (AvgIpc) is 3.70. The number of quaternary nitrogens is 1. The second-order valence-corrected chi connectivity index (χ2v) is 28.5. The minimum Gasteiger partial charge on any atom is -0.387 e.